The molecule has 2 heterocycles. The van der Waals surface area contributed by atoms with E-state index in [1.165, 1.54) is 38.5 Å². The van der Waals surface area contributed by atoms with Crippen LogP contribution < -0.4 is 4.90 Å². The zero-order valence-corrected chi connectivity index (χ0v) is 24.4. The van der Waals surface area contributed by atoms with Crippen LogP contribution in [0.4, 0.5) is 5.69 Å². The maximum atomic E-state index is 14.1. The van der Waals surface area contributed by atoms with Crippen LogP contribution in [0.3, 0.4) is 0 Å². The molecule has 1 aromatic heterocycles. The number of fused-ring (bicyclic) bond motifs is 5. The number of aromatic nitrogens is 3. The Balaban J connectivity index is 1.40. The van der Waals surface area contributed by atoms with Crippen molar-refractivity contribution in [2.45, 2.75) is 70.9 Å². The van der Waals surface area contributed by atoms with E-state index in [1.807, 2.05) is 52.0 Å². The Kier molecular flexibility index (Phi) is 9.04. The van der Waals surface area contributed by atoms with Crippen molar-refractivity contribution >= 4 is 11.6 Å². The average Bonchev–Trinajstić information content (AvgIpc) is 3.46. The largest absolute Gasteiger partial charge is 0.307 e. The van der Waals surface area contributed by atoms with Crippen LogP contribution in [0.15, 0.2) is 103 Å². The van der Waals surface area contributed by atoms with Crippen LogP contribution in [-0.4, -0.2) is 20.9 Å². The number of para-hydroxylation sites is 1. The first-order chi connectivity index (χ1) is 20.8. The fourth-order valence-corrected chi connectivity index (χ4v) is 6.44. The number of anilines is 1. The second kappa shape index (κ2) is 13.6. The van der Waals surface area contributed by atoms with Crippen molar-refractivity contribution in [3.8, 4) is 22.5 Å². The summed E-state index contributed by atoms with van der Waals surface area (Å²) in [5, 5.41) is 9.46. The molecule has 0 bridgehead atoms. The summed E-state index contributed by atoms with van der Waals surface area (Å²) in [6, 6.07) is 35.1. The van der Waals surface area contributed by atoms with Crippen molar-refractivity contribution in [1.29, 1.82) is 0 Å². The predicted molar refractivity (Wildman–Crippen MR) is 170 cm³/mol. The van der Waals surface area contributed by atoms with Crippen LogP contribution in [0, 0.1) is 5.92 Å². The number of nitrogens with zero attached hydrogens (tertiary/aromatic N) is 4. The molecule has 214 valence electrons. The Morgan fingerprint density at radius 3 is 2.02 bits per heavy atom. The molecular weight excluding hydrogens is 516 g/mol. The molecule has 0 radical (unpaired) electrons. The van der Waals surface area contributed by atoms with Crippen LogP contribution in [0.5, 0.6) is 0 Å². The van der Waals surface area contributed by atoms with E-state index in [2.05, 4.69) is 60.7 Å². The summed E-state index contributed by atoms with van der Waals surface area (Å²) in [4.78, 5) is 16.1. The maximum absolute atomic E-state index is 14.1. The minimum atomic E-state index is 0.211. The van der Waals surface area contributed by atoms with Crippen LogP contribution in [0.2, 0.25) is 0 Å². The van der Waals surface area contributed by atoms with Gasteiger partial charge in [-0.05, 0) is 36.0 Å². The fourth-order valence-electron chi connectivity index (χ4n) is 6.44. The standard InChI is InChI=1S/C37H40N4O/c42-35(26-29-18-10-6-4-5-7-11-19-29)40-28-31-22-14-15-23-32(31)37-36(33-24-16-17-25-34(33)40)38-39-41(37)27-30-20-12-8-2-1-3-9-13-21-30/h1-3,8-9,12-17,20-25,29H,4-7,10-11,18-19,26-28H2. The number of carbonyl (C=O) groups is 1. The molecule has 0 N–H and O–H groups in total. The zero-order chi connectivity index (χ0) is 28.6. The summed E-state index contributed by atoms with van der Waals surface area (Å²) in [5.41, 5.74) is 7.01. The third kappa shape index (κ3) is 6.46. The van der Waals surface area contributed by atoms with Crippen molar-refractivity contribution < 1.29 is 4.79 Å². The van der Waals surface area contributed by atoms with E-state index in [1.54, 1.807) is 0 Å². The minimum Gasteiger partial charge on any atom is -0.307 e. The Morgan fingerprint density at radius 2 is 1.29 bits per heavy atom. The van der Waals surface area contributed by atoms with Crippen LogP contribution in [0.25, 0.3) is 22.5 Å². The third-order valence-electron chi connectivity index (χ3n) is 8.64. The van der Waals surface area contributed by atoms with Gasteiger partial charge in [-0.2, -0.15) is 0 Å². The molecule has 5 heteroatoms. The highest BCUT2D eigenvalue weighted by atomic mass is 16.2. The van der Waals surface area contributed by atoms with Gasteiger partial charge in [-0.15, -0.1) is 5.10 Å². The van der Waals surface area contributed by atoms with Crippen molar-refractivity contribution in [3.63, 3.8) is 0 Å². The van der Waals surface area contributed by atoms with Crippen molar-refractivity contribution in [2.75, 3.05) is 4.90 Å². The molecule has 0 unspecified atom stereocenters. The van der Waals surface area contributed by atoms with Gasteiger partial charge in [-0.3, -0.25) is 4.79 Å². The first kappa shape index (κ1) is 27.9. The lowest BCUT2D eigenvalue weighted by molar-refractivity contribution is -0.119. The van der Waals surface area contributed by atoms with Crippen LogP contribution >= 0.6 is 0 Å². The topological polar surface area (TPSA) is 51.0 Å². The first-order valence-electron chi connectivity index (χ1n) is 15.6. The number of carbonyl (C=O) groups excluding carboxylic acids is 1. The molecule has 6 rings (SSSR count). The Morgan fingerprint density at radius 1 is 0.690 bits per heavy atom. The molecule has 2 aliphatic rings. The Labute approximate surface area is 249 Å². The molecule has 0 atom stereocenters. The van der Waals surface area contributed by atoms with Gasteiger partial charge in [0.15, 0.2) is 0 Å². The highest BCUT2D eigenvalue weighted by Crippen LogP contribution is 2.41. The highest BCUT2D eigenvalue weighted by molar-refractivity contribution is 6.00. The Bertz CT molecular complexity index is 1540. The van der Waals surface area contributed by atoms with Gasteiger partial charge in [0.1, 0.15) is 5.69 Å². The summed E-state index contributed by atoms with van der Waals surface area (Å²) >= 11 is 0. The van der Waals surface area contributed by atoms with E-state index in [0.717, 1.165) is 52.2 Å². The summed E-state index contributed by atoms with van der Waals surface area (Å²) in [5.74, 6) is 0.667. The molecule has 1 aliphatic carbocycles. The molecule has 42 heavy (non-hydrogen) atoms. The van der Waals surface area contributed by atoms with Gasteiger partial charge in [-0.25, -0.2) is 4.68 Å². The lowest BCUT2D eigenvalue weighted by Gasteiger charge is -2.30. The van der Waals surface area contributed by atoms with Crippen molar-refractivity contribution in [2.24, 2.45) is 5.92 Å². The molecule has 1 aliphatic heterocycles. The lowest BCUT2D eigenvalue weighted by Crippen LogP contribution is -2.33. The van der Waals surface area contributed by atoms with Gasteiger partial charge in [0.2, 0.25) is 5.91 Å². The molecule has 4 aromatic rings. The van der Waals surface area contributed by atoms with E-state index < -0.39 is 0 Å². The van der Waals surface area contributed by atoms with Gasteiger partial charge in [-0.1, -0.05) is 141 Å². The molecule has 0 saturated heterocycles. The summed E-state index contributed by atoms with van der Waals surface area (Å²) < 4.78 is 2.01. The first-order valence-corrected chi connectivity index (χ1v) is 15.6. The second-order valence-electron chi connectivity index (χ2n) is 11.6. The van der Waals surface area contributed by atoms with Crippen molar-refractivity contribution in [1.82, 2.24) is 15.0 Å². The predicted octanol–water partition coefficient (Wildman–Crippen LogP) is 8.77. The summed E-state index contributed by atoms with van der Waals surface area (Å²) in [6.07, 6.45) is 10.6. The van der Waals surface area contributed by atoms with Crippen molar-refractivity contribution in [3.05, 3.63) is 114 Å². The molecule has 0 spiro atoms. The van der Waals surface area contributed by atoms with Gasteiger partial charge >= 0.3 is 0 Å². The van der Waals surface area contributed by atoms with E-state index in [4.69, 9.17) is 10.3 Å². The van der Waals surface area contributed by atoms with Gasteiger partial charge in [0, 0.05) is 17.5 Å². The van der Waals surface area contributed by atoms with Crippen LogP contribution in [0.1, 0.15) is 68.9 Å². The number of amides is 1. The quantitative estimate of drug-likeness (QED) is 0.252. The smallest absolute Gasteiger partial charge is 0.227 e. The lowest BCUT2D eigenvalue weighted by atomic mass is 9.91. The molecular formula is C37H40N4O. The van der Waals surface area contributed by atoms with Gasteiger partial charge < -0.3 is 4.90 Å². The monoisotopic (exact) mass is 556 g/mol. The second-order valence-corrected chi connectivity index (χ2v) is 11.6. The molecule has 1 fully saturated rings. The number of rotatable bonds is 4. The van der Waals surface area contributed by atoms with E-state index >= 15 is 0 Å². The number of hydrogen-bond donors (Lipinski definition) is 0. The fraction of sp³-hybridized carbons (Fsp3) is 0.324. The third-order valence-corrected chi connectivity index (χ3v) is 8.64. The zero-order valence-electron chi connectivity index (χ0n) is 24.4. The van der Waals surface area contributed by atoms with Gasteiger partial charge in [0.25, 0.3) is 0 Å². The highest BCUT2D eigenvalue weighted by Gasteiger charge is 2.30. The normalized spacial score (nSPS) is 15.4. The number of hydrogen-bond acceptors (Lipinski definition) is 3. The van der Waals surface area contributed by atoms with Gasteiger partial charge in [0.05, 0.1) is 24.5 Å². The molecule has 1 amide bonds. The number of benzene rings is 2. The minimum absolute atomic E-state index is 0.211. The maximum Gasteiger partial charge on any atom is 0.227 e. The average molecular weight is 557 g/mol. The van der Waals surface area contributed by atoms with E-state index in [0.29, 0.717) is 25.4 Å². The molecule has 1 saturated carbocycles. The summed E-state index contributed by atoms with van der Waals surface area (Å²) in [7, 11) is 0. The molecule has 5 nitrogen and oxygen atoms in total. The van der Waals surface area contributed by atoms with E-state index in [9.17, 15) is 4.79 Å². The SMILES string of the molecule is O=C(CC1CCCCCCCC1)N1Cc2ccccc2-c2c(nnn2Cc2ccccccccc2)-c2ccccc21. The van der Waals surface area contributed by atoms with E-state index in [-0.39, 0.29) is 5.91 Å². The molecule has 3 aromatic carbocycles. The summed E-state index contributed by atoms with van der Waals surface area (Å²) in [6.45, 7) is 1.12. The van der Waals surface area contributed by atoms with Crippen LogP contribution in [-0.2, 0) is 17.9 Å². The Hall–Kier alpha value is -4.25.